The van der Waals surface area contributed by atoms with Crippen LogP contribution in [0.25, 0.3) is 0 Å². The molecule has 0 radical (unpaired) electrons. The van der Waals surface area contributed by atoms with Crippen molar-refractivity contribution < 1.29 is 23.4 Å². The third-order valence-electron chi connectivity index (χ3n) is 1.95. The number of carboxylic acids is 1. The summed E-state index contributed by atoms with van der Waals surface area (Å²) >= 11 is 0. The van der Waals surface area contributed by atoms with E-state index in [1.165, 1.54) is 12.1 Å². The minimum absolute atomic E-state index is 0.0117. The first-order valence-corrected chi connectivity index (χ1v) is 4.46. The Morgan fingerprint density at radius 3 is 2.69 bits per heavy atom. The Kier molecular flexibility index (Phi) is 3.65. The summed E-state index contributed by atoms with van der Waals surface area (Å²) < 4.78 is 28.7. The molecule has 0 atom stereocenters. The highest BCUT2D eigenvalue weighted by Gasteiger charge is 2.18. The van der Waals surface area contributed by atoms with Crippen LogP contribution in [0.1, 0.15) is 15.9 Å². The van der Waals surface area contributed by atoms with E-state index < -0.39 is 19.0 Å². The maximum absolute atomic E-state index is 12.0. The topological polar surface area (TPSA) is 72.6 Å². The number of alkyl halides is 2. The Bertz CT molecular complexity index is 407. The van der Waals surface area contributed by atoms with E-state index in [2.05, 4.69) is 0 Å². The Balaban J connectivity index is 3.13. The number of halogens is 2. The molecule has 0 bridgehead atoms. The number of hydrogen-bond donors (Lipinski definition) is 2. The zero-order chi connectivity index (χ0) is 12.3. The fourth-order valence-corrected chi connectivity index (χ4v) is 1.25. The van der Waals surface area contributed by atoms with E-state index in [-0.39, 0.29) is 17.0 Å². The van der Waals surface area contributed by atoms with E-state index in [0.29, 0.717) is 5.56 Å². The number of nitrogens with two attached hydrogens (primary N) is 1. The molecule has 1 aromatic rings. The molecule has 0 aliphatic heterocycles. The smallest absolute Gasteiger partial charge is 0.341 e. The Morgan fingerprint density at radius 2 is 2.19 bits per heavy atom. The number of ether oxygens (including phenoxy) is 1. The summed E-state index contributed by atoms with van der Waals surface area (Å²) in [6, 6.07) is 2.91. The monoisotopic (exact) mass is 231 g/mol. The number of rotatable bonds is 4. The highest BCUT2D eigenvalue weighted by atomic mass is 19.3. The molecular formula is C10H11F2NO3. The highest BCUT2D eigenvalue weighted by Crippen LogP contribution is 2.28. The van der Waals surface area contributed by atoms with Gasteiger partial charge in [-0.05, 0) is 18.6 Å². The molecule has 0 aliphatic carbocycles. The van der Waals surface area contributed by atoms with Crippen LogP contribution in [0, 0.1) is 6.92 Å². The molecule has 0 saturated carbocycles. The lowest BCUT2D eigenvalue weighted by Gasteiger charge is -2.13. The van der Waals surface area contributed by atoms with Crippen LogP contribution in [0.15, 0.2) is 12.1 Å². The molecular weight excluding hydrogens is 220 g/mol. The predicted molar refractivity (Wildman–Crippen MR) is 54.0 cm³/mol. The van der Waals surface area contributed by atoms with Gasteiger partial charge in [-0.3, -0.25) is 0 Å². The van der Waals surface area contributed by atoms with Gasteiger partial charge in [-0.25, -0.2) is 13.6 Å². The Hall–Kier alpha value is -1.85. The zero-order valence-corrected chi connectivity index (χ0v) is 8.54. The van der Waals surface area contributed by atoms with Gasteiger partial charge in [0.05, 0.1) is 0 Å². The molecule has 0 heterocycles. The number of aryl methyl sites for hydroxylation is 1. The first-order valence-electron chi connectivity index (χ1n) is 4.46. The molecule has 0 aromatic heterocycles. The van der Waals surface area contributed by atoms with Gasteiger partial charge in [0.25, 0.3) is 6.43 Å². The predicted octanol–water partition coefficient (Wildman–Crippen LogP) is 1.92. The van der Waals surface area contributed by atoms with Gasteiger partial charge in [-0.15, -0.1) is 0 Å². The van der Waals surface area contributed by atoms with Crippen molar-refractivity contribution in [2.45, 2.75) is 13.3 Å². The van der Waals surface area contributed by atoms with Gasteiger partial charge in [-0.2, -0.15) is 0 Å². The number of nitrogen functional groups attached to an aromatic ring is 1. The number of aromatic carboxylic acids is 1. The van der Waals surface area contributed by atoms with Crippen LogP contribution in [0.2, 0.25) is 0 Å². The molecule has 0 spiro atoms. The van der Waals surface area contributed by atoms with E-state index in [1.54, 1.807) is 6.92 Å². The normalized spacial score (nSPS) is 10.5. The molecule has 1 rings (SSSR count). The van der Waals surface area contributed by atoms with Crippen molar-refractivity contribution in [2.24, 2.45) is 0 Å². The molecule has 88 valence electrons. The van der Waals surface area contributed by atoms with Crippen LogP contribution in [0.3, 0.4) is 0 Å². The van der Waals surface area contributed by atoms with Crippen molar-refractivity contribution >= 4 is 11.7 Å². The zero-order valence-electron chi connectivity index (χ0n) is 8.54. The van der Waals surface area contributed by atoms with Gasteiger partial charge in [0.15, 0.2) is 0 Å². The van der Waals surface area contributed by atoms with Crippen molar-refractivity contribution in [1.29, 1.82) is 0 Å². The minimum Gasteiger partial charge on any atom is -0.486 e. The van der Waals surface area contributed by atoms with Crippen molar-refractivity contribution in [3.8, 4) is 5.75 Å². The van der Waals surface area contributed by atoms with E-state index in [4.69, 9.17) is 15.6 Å². The third kappa shape index (κ3) is 2.59. The average molecular weight is 231 g/mol. The van der Waals surface area contributed by atoms with Gasteiger partial charge in [-0.1, -0.05) is 6.07 Å². The van der Waals surface area contributed by atoms with Crippen molar-refractivity contribution in [3.63, 3.8) is 0 Å². The molecule has 0 saturated heterocycles. The third-order valence-corrected chi connectivity index (χ3v) is 1.95. The van der Waals surface area contributed by atoms with Crippen LogP contribution >= 0.6 is 0 Å². The second-order valence-corrected chi connectivity index (χ2v) is 3.18. The van der Waals surface area contributed by atoms with E-state index in [0.717, 1.165) is 0 Å². The summed E-state index contributed by atoms with van der Waals surface area (Å²) in [7, 11) is 0. The Labute approximate surface area is 90.6 Å². The molecule has 0 aliphatic rings. The second-order valence-electron chi connectivity index (χ2n) is 3.18. The van der Waals surface area contributed by atoms with Crippen LogP contribution < -0.4 is 10.5 Å². The molecule has 3 N–H and O–H groups in total. The van der Waals surface area contributed by atoms with Crippen LogP contribution in [0.5, 0.6) is 5.75 Å². The number of hydrogen-bond acceptors (Lipinski definition) is 3. The highest BCUT2D eigenvalue weighted by molar-refractivity contribution is 5.97. The van der Waals surface area contributed by atoms with Crippen LogP contribution in [-0.2, 0) is 0 Å². The summed E-state index contributed by atoms with van der Waals surface area (Å²) in [5, 5.41) is 8.89. The van der Waals surface area contributed by atoms with Crippen LogP contribution in [-0.4, -0.2) is 24.1 Å². The maximum Gasteiger partial charge on any atom is 0.341 e. The van der Waals surface area contributed by atoms with Gasteiger partial charge in [0.1, 0.15) is 17.9 Å². The van der Waals surface area contributed by atoms with E-state index >= 15 is 0 Å². The molecule has 4 nitrogen and oxygen atoms in total. The summed E-state index contributed by atoms with van der Waals surface area (Å²) in [5.74, 6) is -1.40. The van der Waals surface area contributed by atoms with E-state index in [9.17, 15) is 13.6 Å². The van der Waals surface area contributed by atoms with E-state index in [1.807, 2.05) is 0 Å². The lowest BCUT2D eigenvalue weighted by Crippen LogP contribution is -2.13. The SMILES string of the molecule is Cc1ccc(N)c(C(=O)O)c1OCC(F)F. The lowest BCUT2D eigenvalue weighted by atomic mass is 10.1. The lowest BCUT2D eigenvalue weighted by molar-refractivity contribution is 0.0664. The second kappa shape index (κ2) is 4.78. The first kappa shape index (κ1) is 12.2. The number of carbonyl (C=O) groups is 1. The van der Waals surface area contributed by atoms with Gasteiger partial charge in [0.2, 0.25) is 0 Å². The minimum atomic E-state index is -2.66. The fourth-order valence-electron chi connectivity index (χ4n) is 1.25. The first-order chi connectivity index (χ1) is 7.43. The van der Waals surface area contributed by atoms with Gasteiger partial charge < -0.3 is 15.6 Å². The fraction of sp³-hybridized carbons (Fsp3) is 0.300. The van der Waals surface area contributed by atoms with Crippen LogP contribution in [0.4, 0.5) is 14.5 Å². The molecule has 6 heteroatoms. The van der Waals surface area contributed by atoms with Crippen molar-refractivity contribution in [1.82, 2.24) is 0 Å². The summed E-state index contributed by atoms with van der Waals surface area (Å²) in [4.78, 5) is 10.9. The number of anilines is 1. The van der Waals surface area contributed by atoms with Gasteiger partial charge >= 0.3 is 5.97 Å². The standard InChI is InChI=1S/C10H11F2NO3/c1-5-2-3-6(13)8(10(14)15)9(5)16-4-7(11)12/h2-3,7H,4,13H2,1H3,(H,14,15). The van der Waals surface area contributed by atoms with Crippen molar-refractivity contribution in [2.75, 3.05) is 12.3 Å². The summed E-state index contributed by atoms with van der Waals surface area (Å²) in [6.07, 6.45) is -2.66. The molecule has 0 unspecified atom stereocenters. The molecule has 16 heavy (non-hydrogen) atoms. The molecule has 0 fully saturated rings. The quantitative estimate of drug-likeness (QED) is 0.776. The molecule has 0 amide bonds. The Morgan fingerprint density at radius 1 is 1.56 bits per heavy atom. The number of carboxylic acid groups (broad SMARTS) is 1. The largest absolute Gasteiger partial charge is 0.486 e. The van der Waals surface area contributed by atoms with Crippen molar-refractivity contribution in [3.05, 3.63) is 23.3 Å². The average Bonchev–Trinajstić information content (AvgIpc) is 2.18. The number of benzene rings is 1. The van der Waals surface area contributed by atoms with Gasteiger partial charge in [0, 0.05) is 5.69 Å². The summed E-state index contributed by atoms with van der Waals surface area (Å²) in [6.45, 7) is 0.706. The summed E-state index contributed by atoms with van der Waals surface area (Å²) in [5.41, 5.74) is 5.61. The maximum atomic E-state index is 12.0. The molecule has 1 aromatic carbocycles.